The van der Waals surface area contributed by atoms with Gasteiger partial charge in [0.15, 0.2) is 0 Å². The number of aromatic amines is 1. The molecule has 0 radical (unpaired) electrons. The minimum Gasteiger partial charge on any atom is -0.333 e. The van der Waals surface area contributed by atoms with Crippen molar-refractivity contribution in [2.45, 2.75) is 19.4 Å². The van der Waals surface area contributed by atoms with Gasteiger partial charge >= 0.3 is 0 Å². The zero-order chi connectivity index (χ0) is 24.6. The van der Waals surface area contributed by atoms with E-state index in [0.29, 0.717) is 41.7 Å². The third kappa shape index (κ3) is 4.52. The smallest absolute Gasteiger partial charge is 0.294 e. The first kappa shape index (κ1) is 22.7. The second kappa shape index (κ2) is 8.95. The van der Waals surface area contributed by atoms with Crippen LogP contribution < -0.4 is 0 Å². The van der Waals surface area contributed by atoms with Gasteiger partial charge in [0.2, 0.25) is 5.82 Å². The van der Waals surface area contributed by atoms with Crippen molar-refractivity contribution in [3.05, 3.63) is 77.6 Å². The Hall–Kier alpha value is -4.05. The van der Waals surface area contributed by atoms with Crippen molar-refractivity contribution in [1.29, 1.82) is 0 Å². The van der Waals surface area contributed by atoms with Crippen LogP contribution in [-0.2, 0) is 0 Å². The van der Waals surface area contributed by atoms with Crippen molar-refractivity contribution in [2.75, 3.05) is 19.6 Å². The van der Waals surface area contributed by atoms with E-state index >= 15 is 0 Å². The SMILES string of the molecule is CC1(C)CN(C(=O)c2cccc(-c3ccn[nH]3)n2)CCN1C(=O)c1ncn(-c2cccc(Cl)c2)n1. The Bertz CT molecular complexity index is 1380. The van der Waals surface area contributed by atoms with Crippen LogP contribution in [0.15, 0.2) is 61.1 Å². The Morgan fingerprint density at radius 2 is 1.89 bits per heavy atom. The molecule has 0 bridgehead atoms. The molecule has 5 rings (SSSR count). The van der Waals surface area contributed by atoms with Crippen LogP contribution in [0.4, 0.5) is 0 Å². The number of piperazine rings is 1. The number of pyridine rings is 1. The van der Waals surface area contributed by atoms with E-state index in [4.69, 9.17) is 11.6 Å². The number of carbonyl (C=O) groups is 2. The van der Waals surface area contributed by atoms with Gasteiger partial charge in [-0.25, -0.2) is 14.6 Å². The van der Waals surface area contributed by atoms with E-state index in [0.717, 1.165) is 5.69 Å². The van der Waals surface area contributed by atoms with E-state index in [1.807, 2.05) is 26.0 Å². The first-order chi connectivity index (χ1) is 16.8. The molecule has 0 unspecified atom stereocenters. The van der Waals surface area contributed by atoms with Crippen LogP contribution in [0.1, 0.15) is 35.0 Å². The molecule has 178 valence electrons. The number of hydrogen-bond acceptors (Lipinski definition) is 6. The molecule has 10 nitrogen and oxygen atoms in total. The fourth-order valence-corrected chi connectivity index (χ4v) is 4.38. The maximum absolute atomic E-state index is 13.3. The molecule has 35 heavy (non-hydrogen) atoms. The zero-order valence-electron chi connectivity index (χ0n) is 19.2. The summed E-state index contributed by atoms with van der Waals surface area (Å²) in [7, 11) is 0. The Balaban J connectivity index is 1.31. The van der Waals surface area contributed by atoms with Crippen molar-refractivity contribution in [3.8, 4) is 17.1 Å². The molecule has 4 aromatic rings. The van der Waals surface area contributed by atoms with Gasteiger partial charge in [-0.15, -0.1) is 5.10 Å². The molecule has 1 N–H and O–H groups in total. The lowest BCUT2D eigenvalue weighted by Crippen LogP contribution is -2.62. The summed E-state index contributed by atoms with van der Waals surface area (Å²) in [5.74, 6) is -0.385. The average molecular weight is 491 g/mol. The number of rotatable bonds is 4. The van der Waals surface area contributed by atoms with Gasteiger partial charge in [-0.2, -0.15) is 5.10 Å². The maximum Gasteiger partial charge on any atom is 0.294 e. The van der Waals surface area contributed by atoms with E-state index in [-0.39, 0.29) is 17.6 Å². The molecule has 2 amide bonds. The molecule has 1 saturated heterocycles. The number of nitrogens with zero attached hydrogens (tertiary/aromatic N) is 7. The monoisotopic (exact) mass is 490 g/mol. The number of hydrogen-bond donors (Lipinski definition) is 1. The van der Waals surface area contributed by atoms with Gasteiger partial charge in [-0.3, -0.25) is 14.7 Å². The Kier molecular flexibility index (Phi) is 5.81. The summed E-state index contributed by atoms with van der Waals surface area (Å²) in [4.78, 5) is 38.7. The van der Waals surface area contributed by atoms with E-state index in [1.165, 1.54) is 11.0 Å². The van der Waals surface area contributed by atoms with E-state index in [1.54, 1.807) is 52.4 Å². The lowest BCUT2D eigenvalue weighted by Gasteiger charge is -2.46. The predicted octanol–water partition coefficient (Wildman–Crippen LogP) is 3.08. The van der Waals surface area contributed by atoms with Crippen molar-refractivity contribution >= 4 is 23.4 Å². The molecule has 3 aromatic heterocycles. The van der Waals surface area contributed by atoms with Crippen LogP contribution in [0, 0.1) is 0 Å². The highest BCUT2D eigenvalue weighted by atomic mass is 35.5. The molecule has 1 aliphatic rings. The Morgan fingerprint density at radius 3 is 2.63 bits per heavy atom. The summed E-state index contributed by atoms with van der Waals surface area (Å²) < 4.78 is 1.52. The molecule has 11 heteroatoms. The van der Waals surface area contributed by atoms with Crippen LogP contribution in [0.5, 0.6) is 0 Å². The van der Waals surface area contributed by atoms with Crippen LogP contribution in [0.3, 0.4) is 0 Å². The summed E-state index contributed by atoms with van der Waals surface area (Å²) in [5, 5.41) is 11.7. The number of amides is 2. The first-order valence-electron chi connectivity index (χ1n) is 11.1. The number of benzene rings is 1. The molecular weight excluding hydrogens is 468 g/mol. The molecular formula is C24H23ClN8O2. The number of H-pyrrole nitrogens is 1. The van der Waals surface area contributed by atoms with Gasteiger partial charge in [0.05, 0.1) is 22.6 Å². The Morgan fingerprint density at radius 1 is 1.06 bits per heavy atom. The lowest BCUT2D eigenvalue weighted by atomic mass is 9.98. The quantitative estimate of drug-likeness (QED) is 0.470. The normalized spacial score (nSPS) is 15.3. The fourth-order valence-electron chi connectivity index (χ4n) is 4.19. The van der Waals surface area contributed by atoms with E-state index in [2.05, 4.69) is 25.3 Å². The maximum atomic E-state index is 13.3. The zero-order valence-corrected chi connectivity index (χ0v) is 20.0. The third-order valence-corrected chi connectivity index (χ3v) is 6.17. The number of nitrogens with one attached hydrogen (secondary N) is 1. The summed E-state index contributed by atoms with van der Waals surface area (Å²) >= 11 is 6.06. The lowest BCUT2D eigenvalue weighted by molar-refractivity contribution is 0.0158. The minimum absolute atomic E-state index is 0.0896. The topological polar surface area (TPSA) is 113 Å². The fraction of sp³-hybridized carbons (Fsp3) is 0.250. The Labute approximate surface area is 206 Å². The third-order valence-electron chi connectivity index (χ3n) is 5.94. The van der Waals surface area contributed by atoms with Gasteiger partial charge in [-0.1, -0.05) is 23.7 Å². The molecule has 0 saturated carbocycles. The van der Waals surface area contributed by atoms with Crippen LogP contribution in [-0.4, -0.2) is 76.7 Å². The van der Waals surface area contributed by atoms with Gasteiger partial charge in [-0.05, 0) is 50.2 Å². The molecule has 1 aromatic carbocycles. The predicted molar refractivity (Wildman–Crippen MR) is 129 cm³/mol. The second-order valence-corrected chi connectivity index (χ2v) is 9.30. The number of halogens is 1. The van der Waals surface area contributed by atoms with Gasteiger partial charge in [0, 0.05) is 30.9 Å². The largest absolute Gasteiger partial charge is 0.333 e. The summed E-state index contributed by atoms with van der Waals surface area (Å²) in [5.41, 5.74) is 1.80. The highest BCUT2D eigenvalue weighted by molar-refractivity contribution is 6.30. The van der Waals surface area contributed by atoms with E-state index in [9.17, 15) is 9.59 Å². The molecule has 1 fully saturated rings. The van der Waals surface area contributed by atoms with Gasteiger partial charge in [0.25, 0.3) is 11.8 Å². The van der Waals surface area contributed by atoms with Crippen molar-refractivity contribution in [2.24, 2.45) is 0 Å². The second-order valence-electron chi connectivity index (χ2n) is 8.87. The molecule has 0 spiro atoms. The number of aromatic nitrogens is 6. The highest BCUT2D eigenvalue weighted by Gasteiger charge is 2.40. The molecule has 4 heterocycles. The van der Waals surface area contributed by atoms with Crippen LogP contribution in [0.2, 0.25) is 5.02 Å². The van der Waals surface area contributed by atoms with Gasteiger partial charge in [0.1, 0.15) is 12.0 Å². The molecule has 1 aliphatic heterocycles. The summed E-state index contributed by atoms with van der Waals surface area (Å²) in [6, 6.07) is 14.3. The first-order valence-corrected chi connectivity index (χ1v) is 11.5. The van der Waals surface area contributed by atoms with Crippen molar-refractivity contribution < 1.29 is 9.59 Å². The highest BCUT2D eigenvalue weighted by Crippen LogP contribution is 2.24. The standard InChI is InChI=1S/C24H23ClN8O2/c1-24(2)14-31(22(34)20-8-4-7-18(28-20)19-9-10-27-29-19)11-12-32(24)23(35)21-26-15-33(30-21)17-6-3-5-16(25)13-17/h3-10,13,15H,11-12,14H2,1-2H3,(H,27,29). The molecule has 0 aliphatic carbocycles. The summed E-state index contributed by atoms with van der Waals surface area (Å²) in [6.45, 7) is 4.92. The average Bonchev–Trinajstić information content (AvgIpc) is 3.55. The summed E-state index contributed by atoms with van der Waals surface area (Å²) in [6.07, 6.45) is 3.13. The van der Waals surface area contributed by atoms with Crippen molar-refractivity contribution in [3.63, 3.8) is 0 Å². The minimum atomic E-state index is -0.631. The van der Waals surface area contributed by atoms with Crippen LogP contribution >= 0.6 is 11.6 Å². The van der Waals surface area contributed by atoms with Gasteiger partial charge < -0.3 is 9.80 Å². The van der Waals surface area contributed by atoms with Crippen LogP contribution in [0.25, 0.3) is 17.1 Å². The molecule has 0 atom stereocenters. The van der Waals surface area contributed by atoms with Crippen molar-refractivity contribution in [1.82, 2.24) is 39.7 Å². The van der Waals surface area contributed by atoms with E-state index < -0.39 is 5.54 Å². The number of carbonyl (C=O) groups excluding carboxylic acids is 2.